The van der Waals surface area contributed by atoms with Gasteiger partial charge < -0.3 is 15.1 Å². The highest BCUT2D eigenvalue weighted by Crippen LogP contribution is 2.12. The molecule has 1 fully saturated rings. The van der Waals surface area contributed by atoms with Gasteiger partial charge in [-0.15, -0.1) is 0 Å². The zero-order valence-electron chi connectivity index (χ0n) is 20.1. The number of halogens is 1. The molecule has 0 saturated carbocycles. The number of nitrogens with zero attached hydrogens (tertiary/aromatic N) is 3. The molecular formula is C26H35FN4O2. The maximum atomic E-state index is 13.3. The van der Waals surface area contributed by atoms with Crippen molar-refractivity contribution in [1.29, 1.82) is 0 Å². The predicted molar refractivity (Wildman–Crippen MR) is 129 cm³/mol. The number of rotatable bonds is 6. The van der Waals surface area contributed by atoms with Gasteiger partial charge in [0.25, 0.3) is 5.91 Å². The summed E-state index contributed by atoms with van der Waals surface area (Å²) in [5.74, 6) is -0.223. The molecular weight excluding hydrogens is 419 g/mol. The van der Waals surface area contributed by atoms with Gasteiger partial charge in [0, 0.05) is 56.9 Å². The molecule has 1 heterocycles. The van der Waals surface area contributed by atoms with Gasteiger partial charge in [-0.05, 0) is 57.5 Å². The first kappa shape index (κ1) is 24.7. The third-order valence-corrected chi connectivity index (χ3v) is 5.70. The number of nitrogens with one attached hydrogen (secondary N) is 1. The van der Waals surface area contributed by atoms with Crippen LogP contribution in [-0.4, -0.2) is 71.4 Å². The summed E-state index contributed by atoms with van der Waals surface area (Å²) in [4.78, 5) is 31.6. The van der Waals surface area contributed by atoms with Crippen LogP contribution in [0.4, 0.5) is 9.18 Å². The van der Waals surface area contributed by atoms with Crippen molar-refractivity contribution in [3.8, 4) is 0 Å². The topological polar surface area (TPSA) is 55.9 Å². The van der Waals surface area contributed by atoms with E-state index < -0.39 is 0 Å². The highest BCUT2D eigenvalue weighted by molar-refractivity contribution is 5.94. The first-order valence-corrected chi connectivity index (χ1v) is 11.5. The Hall–Kier alpha value is -2.93. The van der Waals surface area contributed by atoms with E-state index in [1.165, 1.54) is 12.1 Å². The summed E-state index contributed by atoms with van der Waals surface area (Å²) < 4.78 is 13.3. The van der Waals surface area contributed by atoms with E-state index in [4.69, 9.17) is 0 Å². The van der Waals surface area contributed by atoms with E-state index in [1.54, 1.807) is 17.0 Å². The fraction of sp³-hybridized carbons (Fsp3) is 0.462. The Morgan fingerprint density at radius 2 is 1.58 bits per heavy atom. The van der Waals surface area contributed by atoms with Gasteiger partial charge in [-0.3, -0.25) is 9.69 Å². The Balaban J connectivity index is 1.55. The van der Waals surface area contributed by atoms with Gasteiger partial charge in [-0.2, -0.15) is 0 Å². The summed E-state index contributed by atoms with van der Waals surface area (Å²) in [5, 5.41) is 3.02. The van der Waals surface area contributed by atoms with Gasteiger partial charge in [0.05, 0.1) is 0 Å². The second kappa shape index (κ2) is 10.8. The zero-order chi connectivity index (χ0) is 24.0. The Morgan fingerprint density at radius 3 is 2.15 bits per heavy atom. The Morgan fingerprint density at radius 1 is 0.970 bits per heavy atom. The monoisotopic (exact) mass is 454 g/mol. The third-order valence-electron chi connectivity index (χ3n) is 5.70. The van der Waals surface area contributed by atoms with Crippen LogP contribution in [0.25, 0.3) is 0 Å². The summed E-state index contributed by atoms with van der Waals surface area (Å²) in [6.07, 6.45) is 0. The van der Waals surface area contributed by atoms with Gasteiger partial charge >= 0.3 is 6.03 Å². The van der Waals surface area contributed by atoms with Crippen LogP contribution in [0.1, 0.15) is 42.3 Å². The first-order valence-electron chi connectivity index (χ1n) is 11.5. The number of urea groups is 1. The van der Waals surface area contributed by atoms with Gasteiger partial charge in [-0.25, -0.2) is 9.18 Å². The van der Waals surface area contributed by atoms with E-state index in [-0.39, 0.29) is 23.3 Å². The van der Waals surface area contributed by atoms with Crippen molar-refractivity contribution in [2.75, 3.05) is 39.3 Å². The maximum absolute atomic E-state index is 13.3. The standard InChI is InChI=1S/C26H35FN4O2/c1-20-5-9-22(10-6-20)24(32)30-16-13-29(14-17-30)15-18-31(25(33)28-26(2,3)4)19-21-7-11-23(27)12-8-21/h5-12H,13-19H2,1-4H3,(H,28,33). The van der Waals surface area contributed by atoms with Crippen LogP contribution < -0.4 is 5.32 Å². The fourth-order valence-electron chi connectivity index (χ4n) is 3.78. The molecule has 2 aromatic carbocycles. The van der Waals surface area contributed by atoms with E-state index >= 15 is 0 Å². The molecule has 0 aromatic heterocycles. The largest absolute Gasteiger partial charge is 0.336 e. The lowest BCUT2D eigenvalue weighted by molar-refractivity contribution is 0.0627. The van der Waals surface area contributed by atoms with E-state index in [1.807, 2.05) is 56.9 Å². The van der Waals surface area contributed by atoms with Crippen LogP contribution in [0.3, 0.4) is 0 Å². The lowest BCUT2D eigenvalue weighted by Crippen LogP contribution is -2.52. The minimum Gasteiger partial charge on any atom is -0.336 e. The molecule has 6 nitrogen and oxygen atoms in total. The van der Waals surface area contributed by atoms with Crippen LogP contribution in [0.2, 0.25) is 0 Å². The number of carbonyl (C=O) groups is 2. The lowest BCUT2D eigenvalue weighted by atomic mass is 10.1. The number of amides is 3. The molecule has 1 aliphatic heterocycles. The van der Waals surface area contributed by atoms with Gasteiger partial charge in [0.1, 0.15) is 5.82 Å². The minimum atomic E-state index is -0.347. The molecule has 7 heteroatoms. The molecule has 3 amide bonds. The van der Waals surface area contributed by atoms with Crippen LogP contribution in [0.5, 0.6) is 0 Å². The van der Waals surface area contributed by atoms with Crippen molar-refractivity contribution in [2.24, 2.45) is 0 Å². The fourth-order valence-corrected chi connectivity index (χ4v) is 3.78. The van der Waals surface area contributed by atoms with Crippen LogP contribution >= 0.6 is 0 Å². The van der Waals surface area contributed by atoms with Crippen molar-refractivity contribution >= 4 is 11.9 Å². The highest BCUT2D eigenvalue weighted by Gasteiger charge is 2.24. The zero-order valence-corrected chi connectivity index (χ0v) is 20.1. The predicted octanol–water partition coefficient (Wildman–Crippen LogP) is 3.90. The van der Waals surface area contributed by atoms with Gasteiger partial charge in [-0.1, -0.05) is 29.8 Å². The molecule has 1 aliphatic rings. The molecule has 0 spiro atoms. The summed E-state index contributed by atoms with van der Waals surface area (Å²) in [6.45, 7) is 12.4. The second-order valence-electron chi connectivity index (χ2n) is 9.73. The molecule has 0 bridgehead atoms. The Kier molecular flexibility index (Phi) is 8.08. The molecule has 1 saturated heterocycles. The number of benzene rings is 2. The number of carbonyl (C=O) groups excluding carboxylic acids is 2. The van der Waals surface area contributed by atoms with Gasteiger partial charge in [0.15, 0.2) is 0 Å². The molecule has 33 heavy (non-hydrogen) atoms. The molecule has 0 atom stereocenters. The average molecular weight is 455 g/mol. The van der Waals surface area contributed by atoms with Crippen LogP contribution in [0, 0.1) is 12.7 Å². The number of hydrogen-bond acceptors (Lipinski definition) is 3. The molecule has 1 N–H and O–H groups in total. The minimum absolute atomic E-state index is 0.0668. The SMILES string of the molecule is Cc1ccc(C(=O)N2CCN(CCN(Cc3ccc(F)cc3)C(=O)NC(C)(C)C)CC2)cc1. The lowest BCUT2D eigenvalue weighted by Gasteiger charge is -2.36. The summed E-state index contributed by atoms with van der Waals surface area (Å²) in [6, 6.07) is 13.8. The van der Waals surface area contributed by atoms with E-state index in [0.29, 0.717) is 32.7 Å². The number of hydrogen-bond donors (Lipinski definition) is 1. The van der Waals surface area contributed by atoms with Crippen molar-refractivity contribution < 1.29 is 14.0 Å². The molecule has 2 aromatic rings. The molecule has 3 rings (SSSR count). The van der Waals surface area contributed by atoms with Crippen LogP contribution in [0.15, 0.2) is 48.5 Å². The number of aryl methyl sites for hydroxylation is 1. The molecule has 0 unspecified atom stereocenters. The van der Waals surface area contributed by atoms with E-state index in [2.05, 4.69) is 10.2 Å². The quantitative estimate of drug-likeness (QED) is 0.720. The van der Waals surface area contributed by atoms with Crippen molar-refractivity contribution in [2.45, 2.75) is 39.8 Å². The maximum Gasteiger partial charge on any atom is 0.318 e. The van der Waals surface area contributed by atoms with E-state index in [9.17, 15) is 14.0 Å². The molecule has 0 radical (unpaired) electrons. The Labute approximate surface area is 196 Å². The van der Waals surface area contributed by atoms with E-state index in [0.717, 1.165) is 29.8 Å². The van der Waals surface area contributed by atoms with Crippen molar-refractivity contribution in [3.63, 3.8) is 0 Å². The van der Waals surface area contributed by atoms with Crippen LogP contribution in [-0.2, 0) is 6.54 Å². The molecule has 178 valence electrons. The normalized spacial score (nSPS) is 14.8. The third kappa shape index (κ3) is 7.56. The first-order chi connectivity index (χ1) is 15.6. The average Bonchev–Trinajstić information content (AvgIpc) is 2.77. The molecule has 0 aliphatic carbocycles. The van der Waals surface area contributed by atoms with Crippen molar-refractivity contribution in [1.82, 2.24) is 20.0 Å². The summed E-state index contributed by atoms with van der Waals surface area (Å²) in [5.41, 5.74) is 2.39. The highest BCUT2D eigenvalue weighted by atomic mass is 19.1. The second-order valence-corrected chi connectivity index (χ2v) is 9.73. The van der Waals surface area contributed by atoms with Gasteiger partial charge in [0.2, 0.25) is 0 Å². The smallest absolute Gasteiger partial charge is 0.318 e. The number of piperazine rings is 1. The summed E-state index contributed by atoms with van der Waals surface area (Å²) in [7, 11) is 0. The summed E-state index contributed by atoms with van der Waals surface area (Å²) >= 11 is 0. The van der Waals surface area contributed by atoms with Crippen molar-refractivity contribution in [3.05, 3.63) is 71.0 Å². The Bertz CT molecular complexity index is 930.